The Balaban J connectivity index is 1.44. The summed E-state index contributed by atoms with van der Waals surface area (Å²) in [5.74, 6) is 0.00169. The van der Waals surface area contributed by atoms with Gasteiger partial charge in [0.05, 0.1) is 18.5 Å². The minimum Gasteiger partial charge on any atom is -0.371 e. The third-order valence-corrected chi connectivity index (χ3v) is 6.19. The number of hydrogen-bond donors (Lipinski definition) is 0. The average molecular weight is 355 g/mol. The Morgan fingerprint density at radius 3 is 2.23 bits per heavy atom. The zero-order chi connectivity index (χ0) is 18.1. The number of nitrogens with zero attached hydrogens (tertiary/aromatic N) is 3. The minimum absolute atomic E-state index is 0.0541. The molecule has 0 bridgehead atoms. The van der Waals surface area contributed by atoms with Gasteiger partial charge in [-0.2, -0.15) is 0 Å². The Bertz CT molecular complexity index is 660. The number of hydrogen-bond acceptors (Lipinski definition) is 4. The lowest BCUT2D eigenvalue weighted by Gasteiger charge is -2.26. The smallest absolute Gasteiger partial charge is 0.234 e. The van der Waals surface area contributed by atoms with Gasteiger partial charge in [-0.15, -0.1) is 0 Å². The van der Waals surface area contributed by atoms with Crippen LogP contribution < -0.4 is 4.90 Å². The first-order chi connectivity index (χ1) is 12.6. The van der Waals surface area contributed by atoms with E-state index < -0.39 is 0 Å². The Morgan fingerprint density at radius 2 is 1.58 bits per heavy atom. The molecule has 0 aromatic heterocycles. The number of anilines is 1. The molecule has 2 aliphatic heterocycles. The molecule has 1 aliphatic carbocycles. The fraction of sp³-hybridized carbons (Fsp3) is 0.619. The van der Waals surface area contributed by atoms with Gasteiger partial charge in [-0.25, -0.2) is 0 Å². The first-order valence-electron chi connectivity index (χ1n) is 10.0. The lowest BCUT2D eigenvalue weighted by atomic mass is 9.81. The highest BCUT2D eigenvalue weighted by molar-refractivity contribution is 6.05. The van der Waals surface area contributed by atoms with Gasteiger partial charge in [0.25, 0.3) is 0 Å². The molecule has 4 rings (SSSR count). The summed E-state index contributed by atoms with van der Waals surface area (Å²) in [5, 5.41) is 0. The van der Waals surface area contributed by atoms with Crippen LogP contribution in [-0.4, -0.2) is 48.4 Å². The van der Waals surface area contributed by atoms with Crippen LogP contribution in [0.2, 0.25) is 0 Å². The van der Waals surface area contributed by atoms with Crippen molar-refractivity contribution in [2.75, 3.05) is 31.7 Å². The molecule has 0 radical (unpaired) electrons. The van der Waals surface area contributed by atoms with Crippen LogP contribution in [0, 0.1) is 11.8 Å². The van der Waals surface area contributed by atoms with Crippen LogP contribution in [-0.2, 0) is 16.1 Å². The van der Waals surface area contributed by atoms with Crippen molar-refractivity contribution in [3.63, 3.8) is 0 Å². The number of amides is 2. The van der Waals surface area contributed by atoms with Crippen molar-refractivity contribution < 1.29 is 9.59 Å². The molecule has 1 aromatic carbocycles. The van der Waals surface area contributed by atoms with Crippen molar-refractivity contribution in [2.24, 2.45) is 11.8 Å². The topological polar surface area (TPSA) is 43.9 Å². The first kappa shape index (κ1) is 17.5. The van der Waals surface area contributed by atoms with E-state index in [1.165, 1.54) is 29.0 Å². The highest BCUT2D eigenvalue weighted by atomic mass is 16.2. The van der Waals surface area contributed by atoms with E-state index in [2.05, 4.69) is 34.1 Å². The molecule has 5 heteroatoms. The lowest BCUT2D eigenvalue weighted by Crippen LogP contribution is -2.40. The van der Waals surface area contributed by atoms with Gasteiger partial charge in [0.15, 0.2) is 0 Å². The molecule has 3 aliphatic rings. The number of fused-ring (bicyclic) bond motifs is 1. The van der Waals surface area contributed by atoms with Crippen LogP contribution in [0.25, 0.3) is 0 Å². The molecule has 0 unspecified atom stereocenters. The lowest BCUT2D eigenvalue weighted by molar-refractivity contribution is -0.142. The minimum atomic E-state index is -0.0541. The van der Waals surface area contributed by atoms with Crippen molar-refractivity contribution in [3.8, 4) is 0 Å². The Kier molecular flexibility index (Phi) is 4.98. The van der Waals surface area contributed by atoms with Crippen LogP contribution in [0.5, 0.6) is 0 Å². The van der Waals surface area contributed by atoms with Crippen molar-refractivity contribution in [2.45, 2.75) is 45.1 Å². The molecule has 0 spiro atoms. The summed E-state index contributed by atoms with van der Waals surface area (Å²) < 4.78 is 0. The van der Waals surface area contributed by atoms with Gasteiger partial charge in [-0.05, 0) is 44.4 Å². The monoisotopic (exact) mass is 355 g/mol. The molecule has 5 nitrogen and oxygen atoms in total. The summed E-state index contributed by atoms with van der Waals surface area (Å²) in [5.41, 5.74) is 2.57. The van der Waals surface area contributed by atoms with Crippen molar-refractivity contribution in [1.82, 2.24) is 9.80 Å². The van der Waals surface area contributed by atoms with E-state index in [-0.39, 0.29) is 23.7 Å². The number of benzene rings is 1. The summed E-state index contributed by atoms with van der Waals surface area (Å²) in [6.07, 6.45) is 6.42. The summed E-state index contributed by atoms with van der Waals surface area (Å²) in [4.78, 5) is 31.4. The number of para-hydroxylation sites is 1. The molecule has 2 amide bonds. The number of likely N-dealkylation sites (tertiary alicyclic amines) is 1. The maximum atomic E-state index is 12.7. The number of carbonyl (C=O) groups is 2. The Labute approximate surface area is 155 Å². The summed E-state index contributed by atoms with van der Waals surface area (Å²) in [6, 6.07) is 8.52. The summed E-state index contributed by atoms with van der Waals surface area (Å²) in [6.45, 7) is 3.39. The predicted molar refractivity (Wildman–Crippen MR) is 102 cm³/mol. The second-order valence-corrected chi connectivity index (χ2v) is 8.08. The van der Waals surface area contributed by atoms with Gasteiger partial charge in [0.2, 0.25) is 11.8 Å². The summed E-state index contributed by atoms with van der Waals surface area (Å²) >= 11 is 0. The van der Waals surface area contributed by atoms with Crippen LogP contribution >= 0.6 is 0 Å². The standard InChI is InChI=1S/C21H29N3O2/c1-22(14-16-8-2-5-11-19(16)23-12-6-7-13-23)15-24-20(25)17-9-3-4-10-18(17)21(24)26/h2,5,8,11,17-18H,3-4,6-7,9-10,12-15H2,1H3/t17-,18+. The van der Waals surface area contributed by atoms with E-state index >= 15 is 0 Å². The van der Waals surface area contributed by atoms with Crippen LogP contribution in [0.1, 0.15) is 44.1 Å². The average Bonchev–Trinajstić information content (AvgIpc) is 3.26. The van der Waals surface area contributed by atoms with E-state index in [1.54, 1.807) is 0 Å². The zero-order valence-corrected chi connectivity index (χ0v) is 15.7. The molecular weight excluding hydrogens is 326 g/mol. The zero-order valence-electron chi connectivity index (χ0n) is 15.7. The molecule has 2 atom stereocenters. The third kappa shape index (κ3) is 3.25. The van der Waals surface area contributed by atoms with Gasteiger partial charge in [0.1, 0.15) is 0 Å². The molecule has 1 saturated carbocycles. The molecule has 140 valence electrons. The Morgan fingerprint density at radius 1 is 0.962 bits per heavy atom. The first-order valence-corrected chi connectivity index (χ1v) is 10.0. The quantitative estimate of drug-likeness (QED) is 0.762. The maximum Gasteiger partial charge on any atom is 0.234 e. The molecule has 0 N–H and O–H groups in total. The molecule has 2 heterocycles. The Hall–Kier alpha value is -1.88. The number of rotatable bonds is 5. The predicted octanol–water partition coefficient (Wildman–Crippen LogP) is 2.85. The van der Waals surface area contributed by atoms with Gasteiger partial charge in [-0.1, -0.05) is 31.0 Å². The maximum absolute atomic E-state index is 12.7. The van der Waals surface area contributed by atoms with Crippen LogP contribution in [0.3, 0.4) is 0 Å². The van der Waals surface area contributed by atoms with E-state index in [4.69, 9.17) is 0 Å². The highest BCUT2D eigenvalue weighted by Gasteiger charge is 2.48. The van der Waals surface area contributed by atoms with Gasteiger partial charge in [-0.3, -0.25) is 19.4 Å². The van der Waals surface area contributed by atoms with Crippen LogP contribution in [0.15, 0.2) is 24.3 Å². The molecule has 1 aromatic rings. The molecule has 3 fully saturated rings. The summed E-state index contributed by atoms with van der Waals surface area (Å²) in [7, 11) is 2.00. The van der Waals surface area contributed by atoms with Crippen LogP contribution in [0.4, 0.5) is 5.69 Å². The number of carbonyl (C=O) groups excluding carboxylic acids is 2. The second kappa shape index (κ2) is 7.39. The van der Waals surface area contributed by atoms with E-state index in [1.807, 2.05) is 7.05 Å². The largest absolute Gasteiger partial charge is 0.371 e. The van der Waals surface area contributed by atoms with Gasteiger partial charge < -0.3 is 4.90 Å². The normalized spacial score (nSPS) is 26.1. The fourth-order valence-electron chi connectivity index (χ4n) is 4.86. The van der Waals surface area contributed by atoms with Crippen molar-refractivity contribution >= 4 is 17.5 Å². The SMILES string of the molecule is CN(Cc1ccccc1N1CCCC1)CN1C(=O)[C@H]2CCCC[C@H]2C1=O. The van der Waals surface area contributed by atoms with Gasteiger partial charge >= 0.3 is 0 Å². The highest BCUT2D eigenvalue weighted by Crippen LogP contribution is 2.38. The fourth-order valence-corrected chi connectivity index (χ4v) is 4.86. The second-order valence-electron chi connectivity index (χ2n) is 8.08. The molecule has 26 heavy (non-hydrogen) atoms. The van der Waals surface area contributed by atoms with E-state index in [9.17, 15) is 9.59 Å². The van der Waals surface area contributed by atoms with Crippen molar-refractivity contribution in [3.05, 3.63) is 29.8 Å². The number of imide groups is 1. The van der Waals surface area contributed by atoms with Crippen molar-refractivity contribution in [1.29, 1.82) is 0 Å². The van der Waals surface area contributed by atoms with E-state index in [0.29, 0.717) is 6.67 Å². The van der Waals surface area contributed by atoms with Gasteiger partial charge in [0, 0.05) is 25.3 Å². The molecule has 2 saturated heterocycles. The molecular formula is C21H29N3O2. The third-order valence-electron chi connectivity index (χ3n) is 6.19. The van der Waals surface area contributed by atoms with E-state index in [0.717, 1.165) is 45.3 Å².